The Hall–Kier alpha value is -2.22. The molecule has 0 unspecified atom stereocenters. The van der Waals surface area contributed by atoms with E-state index in [1.165, 1.54) is 11.8 Å². The van der Waals surface area contributed by atoms with Gasteiger partial charge >= 0.3 is 0 Å². The molecule has 0 fully saturated rings. The maximum atomic E-state index is 12.5. The molecule has 1 amide bonds. The van der Waals surface area contributed by atoms with Crippen molar-refractivity contribution >= 4 is 46.6 Å². The Labute approximate surface area is 170 Å². The van der Waals surface area contributed by atoms with Crippen LogP contribution < -0.4 is 10.1 Å². The maximum Gasteiger partial charge on any atom is 0.237 e. The average Bonchev–Trinajstić information content (AvgIpc) is 3.13. The van der Waals surface area contributed by atoms with Crippen molar-refractivity contribution in [2.24, 2.45) is 0 Å². The zero-order chi connectivity index (χ0) is 19.4. The van der Waals surface area contributed by atoms with Gasteiger partial charge in [-0.3, -0.25) is 9.36 Å². The fourth-order valence-electron chi connectivity index (χ4n) is 2.29. The van der Waals surface area contributed by atoms with Gasteiger partial charge in [-0.2, -0.15) is 0 Å². The summed E-state index contributed by atoms with van der Waals surface area (Å²) < 4.78 is 7.05. The van der Waals surface area contributed by atoms with Gasteiger partial charge in [0, 0.05) is 6.07 Å². The molecule has 1 aromatic heterocycles. The van der Waals surface area contributed by atoms with E-state index in [4.69, 9.17) is 27.9 Å². The molecule has 0 spiro atoms. The SMILES string of the molecule is COc1cccc(-n2cnnc2S[C@H](C)C(=O)Nc2cccc(Cl)c2Cl)c1. The third-order valence-corrected chi connectivity index (χ3v) is 5.58. The van der Waals surface area contributed by atoms with Crippen LogP contribution >= 0.6 is 35.0 Å². The number of nitrogens with one attached hydrogen (secondary N) is 1. The number of rotatable bonds is 6. The standard InChI is InChI=1S/C18H16Cl2N4O2S/c1-11(17(25)22-15-8-4-7-14(19)16(15)20)27-18-23-21-10-24(18)12-5-3-6-13(9-12)26-2/h3-11H,1-2H3,(H,22,25)/t11-/m1/s1. The van der Waals surface area contributed by atoms with Crippen LogP contribution in [0.25, 0.3) is 5.69 Å². The second-order valence-corrected chi connectivity index (χ2v) is 7.63. The van der Waals surface area contributed by atoms with Gasteiger partial charge in [-0.1, -0.05) is 47.1 Å². The van der Waals surface area contributed by atoms with E-state index < -0.39 is 5.25 Å². The maximum absolute atomic E-state index is 12.5. The molecule has 1 heterocycles. The predicted molar refractivity (Wildman–Crippen MR) is 108 cm³/mol. The lowest BCUT2D eigenvalue weighted by Gasteiger charge is -2.14. The van der Waals surface area contributed by atoms with E-state index in [2.05, 4.69) is 15.5 Å². The van der Waals surface area contributed by atoms with Gasteiger partial charge in [0.25, 0.3) is 0 Å². The second-order valence-electron chi connectivity index (χ2n) is 5.54. The third-order valence-electron chi connectivity index (χ3n) is 3.71. The minimum absolute atomic E-state index is 0.218. The number of anilines is 1. The van der Waals surface area contributed by atoms with Crippen LogP contribution in [0.3, 0.4) is 0 Å². The first-order chi connectivity index (χ1) is 13.0. The van der Waals surface area contributed by atoms with Crippen molar-refractivity contribution in [3.63, 3.8) is 0 Å². The third kappa shape index (κ3) is 4.55. The fourth-order valence-corrected chi connectivity index (χ4v) is 3.48. The summed E-state index contributed by atoms with van der Waals surface area (Å²) in [5.74, 6) is 0.503. The van der Waals surface area contributed by atoms with Gasteiger partial charge in [0.1, 0.15) is 12.1 Å². The number of ether oxygens (including phenoxy) is 1. The van der Waals surface area contributed by atoms with Crippen LogP contribution in [0.4, 0.5) is 5.69 Å². The highest BCUT2D eigenvalue weighted by Crippen LogP contribution is 2.31. The first-order valence-corrected chi connectivity index (χ1v) is 9.59. The highest BCUT2D eigenvalue weighted by molar-refractivity contribution is 8.00. The van der Waals surface area contributed by atoms with Gasteiger partial charge < -0.3 is 10.1 Å². The molecule has 0 radical (unpaired) electrons. The summed E-state index contributed by atoms with van der Waals surface area (Å²) in [6.07, 6.45) is 1.59. The van der Waals surface area contributed by atoms with Crippen LogP contribution in [0.15, 0.2) is 53.9 Å². The molecule has 1 N–H and O–H groups in total. The summed E-state index contributed by atoms with van der Waals surface area (Å²) in [6.45, 7) is 1.78. The van der Waals surface area contributed by atoms with E-state index in [1.807, 2.05) is 24.3 Å². The molecule has 0 aliphatic rings. The lowest BCUT2D eigenvalue weighted by atomic mass is 10.3. The van der Waals surface area contributed by atoms with Crippen LogP contribution in [-0.4, -0.2) is 33.0 Å². The Bertz CT molecular complexity index is 964. The second kappa shape index (κ2) is 8.65. The summed E-state index contributed by atoms with van der Waals surface area (Å²) in [6, 6.07) is 12.6. The van der Waals surface area contributed by atoms with Crippen molar-refractivity contribution in [1.82, 2.24) is 14.8 Å². The molecule has 1 atom stereocenters. The molecule has 0 saturated heterocycles. The minimum atomic E-state index is -0.436. The number of amides is 1. The smallest absolute Gasteiger partial charge is 0.237 e. The van der Waals surface area contributed by atoms with Gasteiger partial charge in [0.05, 0.1) is 33.8 Å². The lowest BCUT2D eigenvalue weighted by molar-refractivity contribution is -0.115. The van der Waals surface area contributed by atoms with Crippen molar-refractivity contribution in [2.75, 3.05) is 12.4 Å². The van der Waals surface area contributed by atoms with Crippen molar-refractivity contribution in [1.29, 1.82) is 0 Å². The van der Waals surface area contributed by atoms with Crippen molar-refractivity contribution in [3.05, 3.63) is 58.8 Å². The molecule has 2 aromatic carbocycles. The molecule has 3 aromatic rings. The summed E-state index contributed by atoms with van der Waals surface area (Å²) >= 11 is 13.4. The molecule has 3 rings (SSSR count). The summed E-state index contributed by atoms with van der Waals surface area (Å²) in [4.78, 5) is 12.5. The van der Waals surface area contributed by atoms with Gasteiger partial charge in [0.15, 0.2) is 5.16 Å². The van der Waals surface area contributed by atoms with Crippen LogP contribution in [-0.2, 0) is 4.79 Å². The number of thioether (sulfide) groups is 1. The number of methoxy groups -OCH3 is 1. The molecule has 6 nitrogen and oxygen atoms in total. The highest BCUT2D eigenvalue weighted by atomic mass is 35.5. The molecule has 27 heavy (non-hydrogen) atoms. The summed E-state index contributed by atoms with van der Waals surface area (Å²) in [7, 11) is 1.61. The Kier molecular flexibility index (Phi) is 6.26. The first-order valence-electron chi connectivity index (χ1n) is 7.95. The fraction of sp³-hybridized carbons (Fsp3) is 0.167. The molecule has 0 saturated carbocycles. The Balaban J connectivity index is 1.75. The highest BCUT2D eigenvalue weighted by Gasteiger charge is 2.20. The number of hydrogen-bond donors (Lipinski definition) is 1. The van der Waals surface area contributed by atoms with Crippen molar-refractivity contribution < 1.29 is 9.53 Å². The quantitative estimate of drug-likeness (QED) is 0.582. The first kappa shape index (κ1) is 19.5. The van der Waals surface area contributed by atoms with Gasteiger partial charge in [-0.25, -0.2) is 0 Å². The minimum Gasteiger partial charge on any atom is -0.497 e. The summed E-state index contributed by atoms with van der Waals surface area (Å²) in [5, 5.41) is 11.7. The molecule has 0 bridgehead atoms. The Morgan fingerprint density at radius 1 is 1.26 bits per heavy atom. The van der Waals surface area contributed by atoms with Crippen LogP contribution in [0, 0.1) is 0 Å². The number of carbonyl (C=O) groups excluding carboxylic acids is 1. The largest absolute Gasteiger partial charge is 0.497 e. The van der Waals surface area contributed by atoms with E-state index in [9.17, 15) is 4.79 Å². The van der Waals surface area contributed by atoms with E-state index in [1.54, 1.807) is 43.1 Å². The van der Waals surface area contributed by atoms with E-state index in [0.717, 1.165) is 11.4 Å². The topological polar surface area (TPSA) is 69.0 Å². The average molecular weight is 423 g/mol. The van der Waals surface area contributed by atoms with Crippen LogP contribution in [0.1, 0.15) is 6.92 Å². The van der Waals surface area contributed by atoms with E-state index >= 15 is 0 Å². The molecule has 0 aliphatic heterocycles. The normalized spacial score (nSPS) is 11.9. The van der Waals surface area contributed by atoms with Gasteiger partial charge in [0.2, 0.25) is 5.91 Å². The monoisotopic (exact) mass is 422 g/mol. The summed E-state index contributed by atoms with van der Waals surface area (Å²) in [5.41, 5.74) is 1.31. The molecular formula is C18H16Cl2N4O2S. The molecular weight excluding hydrogens is 407 g/mol. The van der Waals surface area contributed by atoms with Crippen LogP contribution in [0.2, 0.25) is 10.0 Å². The Morgan fingerprint density at radius 3 is 2.81 bits per heavy atom. The number of nitrogens with zero attached hydrogens (tertiary/aromatic N) is 3. The number of carbonyl (C=O) groups is 1. The van der Waals surface area contributed by atoms with Gasteiger partial charge in [-0.15, -0.1) is 10.2 Å². The molecule has 9 heteroatoms. The number of halogens is 2. The van der Waals surface area contributed by atoms with E-state index in [-0.39, 0.29) is 5.91 Å². The number of hydrogen-bond acceptors (Lipinski definition) is 5. The predicted octanol–water partition coefficient (Wildman–Crippen LogP) is 4.70. The number of benzene rings is 2. The van der Waals surface area contributed by atoms with Crippen molar-refractivity contribution in [2.45, 2.75) is 17.3 Å². The lowest BCUT2D eigenvalue weighted by Crippen LogP contribution is -2.23. The van der Waals surface area contributed by atoms with Crippen LogP contribution in [0.5, 0.6) is 5.75 Å². The van der Waals surface area contributed by atoms with Gasteiger partial charge in [-0.05, 0) is 31.2 Å². The van der Waals surface area contributed by atoms with E-state index in [0.29, 0.717) is 20.9 Å². The molecule has 0 aliphatic carbocycles. The zero-order valence-corrected chi connectivity index (χ0v) is 16.8. The molecule has 140 valence electrons. The Morgan fingerprint density at radius 2 is 2.04 bits per heavy atom. The van der Waals surface area contributed by atoms with Crippen molar-refractivity contribution in [3.8, 4) is 11.4 Å². The number of aromatic nitrogens is 3. The zero-order valence-electron chi connectivity index (χ0n) is 14.5.